The van der Waals surface area contributed by atoms with E-state index in [2.05, 4.69) is 111 Å². The highest BCUT2D eigenvalue weighted by molar-refractivity contribution is 5.83. The van der Waals surface area contributed by atoms with Gasteiger partial charge in [0, 0.05) is 11.3 Å². The van der Waals surface area contributed by atoms with Crippen LogP contribution in [0.5, 0.6) is 0 Å². The molecule has 0 heteroatoms. The van der Waals surface area contributed by atoms with E-state index in [4.69, 9.17) is 0 Å². The van der Waals surface area contributed by atoms with Crippen molar-refractivity contribution >= 4 is 5.57 Å². The number of fused-ring (bicyclic) bond motifs is 1. The molecule has 43 heavy (non-hydrogen) atoms. The highest BCUT2D eigenvalue weighted by Crippen LogP contribution is 2.60. The molecule has 5 aliphatic rings. The molecule has 0 aliphatic heterocycles. The minimum atomic E-state index is 0.163. The smallest absolute Gasteiger partial charge is 0.0348 e. The molecule has 0 nitrogen and oxygen atoms in total. The number of hydrogen-bond donors (Lipinski definition) is 0. The monoisotopic (exact) mass is 564 g/mol. The summed E-state index contributed by atoms with van der Waals surface area (Å²) in [6.07, 6.45) is 33.2. The summed E-state index contributed by atoms with van der Waals surface area (Å²) in [5.41, 5.74) is 15.2. The van der Waals surface area contributed by atoms with E-state index < -0.39 is 0 Å². The molecule has 1 fully saturated rings. The average molecular weight is 565 g/mol. The predicted octanol–water partition coefficient (Wildman–Crippen LogP) is 11.6. The molecule has 2 aromatic rings. The minimum Gasteiger partial charge on any atom is -0.0766 e. The summed E-state index contributed by atoms with van der Waals surface area (Å²) in [6, 6.07) is 20.4. The van der Waals surface area contributed by atoms with E-state index in [1.54, 1.807) is 11.1 Å². The summed E-state index contributed by atoms with van der Waals surface area (Å²) < 4.78 is 0. The first-order valence-electron chi connectivity index (χ1n) is 17.2. The van der Waals surface area contributed by atoms with E-state index in [0.29, 0.717) is 5.92 Å². The molecule has 0 amide bonds. The zero-order valence-corrected chi connectivity index (χ0v) is 26.4. The van der Waals surface area contributed by atoms with Crippen LogP contribution in [0.15, 0.2) is 131 Å². The summed E-state index contributed by atoms with van der Waals surface area (Å²) >= 11 is 0. The van der Waals surface area contributed by atoms with E-state index >= 15 is 0 Å². The summed E-state index contributed by atoms with van der Waals surface area (Å²) in [5.74, 6) is 1.04. The van der Waals surface area contributed by atoms with Crippen molar-refractivity contribution in [1.29, 1.82) is 0 Å². The second-order valence-electron chi connectivity index (χ2n) is 13.7. The van der Waals surface area contributed by atoms with Crippen molar-refractivity contribution < 1.29 is 0 Å². The first-order valence-corrected chi connectivity index (χ1v) is 17.2. The molecule has 0 radical (unpaired) electrons. The van der Waals surface area contributed by atoms with E-state index in [0.717, 1.165) is 25.2 Å². The Hall–Kier alpha value is -3.38. The number of allylic oxidation sites excluding steroid dienone is 14. The molecule has 0 bridgehead atoms. The maximum Gasteiger partial charge on any atom is 0.0348 e. The maximum atomic E-state index is 2.59. The van der Waals surface area contributed by atoms with Crippen LogP contribution in [0.2, 0.25) is 0 Å². The van der Waals surface area contributed by atoms with Gasteiger partial charge in [0.15, 0.2) is 0 Å². The van der Waals surface area contributed by atoms with Gasteiger partial charge in [-0.15, -0.1) is 0 Å². The lowest BCUT2D eigenvalue weighted by Crippen LogP contribution is -2.17. The van der Waals surface area contributed by atoms with Gasteiger partial charge >= 0.3 is 0 Å². The topological polar surface area (TPSA) is 0 Å². The fourth-order valence-electron chi connectivity index (χ4n) is 8.43. The quantitative estimate of drug-likeness (QED) is 0.299. The van der Waals surface area contributed by atoms with Crippen molar-refractivity contribution in [3.63, 3.8) is 0 Å². The third kappa shape index (κ3) is 5.66. The lowest BCUT2D eigenvalue weighted by molar-refractivity contribution is 0.424. The lowest BCUT2D eigenvalue weighted by Gasteiger charge is -2.30. The third-order valence-corrected chi connectivity index (χ3v) is 11.2. The van der Waals surface area contributed by atoms with Crippen LogP contribution in [0, 0.1) is 17.3 Å². The fraction of sp³-hybridized carbons (Fsp3) is 0.395. The highest BCUT2D eigenvalue weighted by Gasteiger charge is 2.47. The van der Waals surface area contributed by atoms with Crippen LogP contribution in [0.4, 0.5) is 0 Å². The van der Waals surface area contributed by atoms with Crippen LogP contribution in [0.1, 0.15) is 94.7 Å². The Labute approximate surface area is 260 Å². The zero-order valence-electron chi connectivity index (χ0n) is 26.4. The average Bonchev–Trinajstić information content (AvgIpc) is 3.70. The fourth-order valence-corrected chi connectivity index (χ4v) is 8.43. The molecule has 0 aromatic heterocycles. The van der Waals surface area contributed by atoms with Crippen LogP contribution < -0.4 is 0 Å². The molecule has 1 saturated carbocycles. The molecule has 0 heterocycles. The van der Waals surface area contributed by atoms with Gasteiger partial charge in [0.1, 0.15) is 0 Å². The molecule has 2 aromatic carbocycles. The van der Waals surface area contributed by atoms with E-state index in [1.165, 1.54) is 102 Å². The molecule has 0 N–H and O–H groups in total. The molecule has 5 aliphatic carbocycles. The van der Waals surface area contributed by atoms with Gasteiger partial charge in [0.2, 0.25) is 0 Å². The van der Waals surface area contributed by atoms with Gasteiger partial charge in [-0.1, -0.05) is 142 Å². The SMILES string of the molecule is CCc1ccc(C2=CC3=C(C=CC(C4CCCCCCC4)=CC3)C2C2=C(C)C3(CCCc4ccccc4)C=C3C=C2)cc1. The van der Waals surface area contributed by atoms with Crippen LogP contribution in [0.3, 0.4) is 0 Å². The first kappa shape index (κ1) is 28.4. The predicted molar refractivity (Wildman–Crippen MR) is 184 cm³/mol. The normalized spacial score (nSPS) is 25.3. The second-order valence-corrected chi connectivity index (χ2v) is 13.7. The second kappa shape index (κ2) is 12.3. The lowest BCUT2D eigenvalue weighted by atomic mass is 9.73. The molecule has 2 atom stereocenters. The standard InChI is InChI=1S/C43H48/c1-3-32-18-20-36(21-19-32)41-29-37-23-22-35(34-16-10-5-4-6-11-17-34)24-26-40(37)42(41)39-27-25-38-30-43(38,31(39)2)28-12-15-33-13-8-7-9-14-33/h7-9,13-14,18-22,24-27,29-30,34,42H,3-6,10-12,15-17,23,28H2,1-2H3. The zero-order chi connectivity index (χ0) is 29.2. The van der Waals surface area contributed by atoms with Crippen LogP contribution in [-0.2, 0) is 12.8 Å². The number of rotatable bonds is 8. The largest absolute Gasteiger partial charge is 0.0766 e. The molecule has 220 valence electrons. The van der Waals surface area contributed by atoms with Crippen molar-refractivity contribution in [2.24, 2.45) is 17.3 Å². The molecular weight excluding hydrogens is 516 g/mol. The Morgan fingerprint density at radius 3 is 2.28 bits per heavy atom. The Morgan fingerprint density at radius 2 is 1.51 bits per heavy atom. The molecule has 2 unspecified atom stereocenters. The Bertz CT molecular complexity index is 1550. The van der Waals surface area contributed by atoms with Crippen molar-refractivity contribution in [1.82, 2.24) is 0 Å². The third-order valence-electron chi connectivity index (χ3n) is 11.2. The van der Waals surface area contributed by atoms with Crippen molar-refractivity contribution in [2.75, 3.05) is 0 Å². The van der Waals surface area contributed by atoms with E-state index in [-0.39, 0.29) is 5.41 Å². The van der Waals surface area contributed by atoms with Gasteiger partial charge in [0.05, 0.1) is 0 Å². The summed E-state index contributed by atoms with van der Waals surface area (Å²) in [5, 5.41) is 0. The van der Waals surface area contributed by atoms with Crippen molar-refractivity contribution in [3.05, 3.63) is 147 Å². The number of aryl methyl sites for hydroxylation is 2. The summed E-state index contributed by atoms with van der Waals surface area (Å²) in [7, 11) is 0. The Morgan fingerprint density at radius 1 is 0.767 bits per heavy atom. The Kier molecular flexibility index (Phi) is 8.13. The summed E-state index contributed by atoms with van der Waals surface area (Å²) in [6.45, 7) is 4.69. The van der Waals surface area contributed by atoms with Crippen LogP contribution >= 0.6 is 0 Å². The van der Waals surface area contributed by atoms with Gasteiger partial charge < -0.3 is 0 Å². The van der Waals surface area contributed by atoms with Crippen LogP contribution in [0.25, 0.3) is 5.57 Å². The van der Waals surface area contributed by atoms with E-state index in [9.17, 15) is 0 Å². The van der Waals surface area contributed by atoms with Gasteiger partial charge in [-0.3, -0.25) is 0 Å². The van der Waals surface area contributed by atoms with Gasteiger partial charge in [-0.25, -0.2) is 0 Å². The van der Waals surface area contributed by atoms with Crippen molar-refractivity contribution in [3.8, 4) is 0 Å². The Balaban J connectivity index is 1.20. The van der Waals surface area contributed by atoms with Gasteiger partial charge in [0.25, 0.3) is 0 Å². The molecule has 7 rings (SSSR count). The molecule has 0 saturated heterocycles. The highest BCUT2D eigenvalue weighted by atomic mass is 14.5. The maximum absolute atomic E-state index is 2.59. The molecule has 0 spiro atoms. The van der Waals surface area contributed by atoms with Crippen molar-refractivity contribution in [2.45, 2.75) is 90.9 Å². The summed E-state index contributed by atoms with van der Waals surface area (Å²) in [4.78, 5) is 0. The van der Waals surface area contributed by atoms with Gasteiger partial charge in [-0.2, -0.15) is 0 Å². The van der Waals surface area contributed by atoms with Crippen LogP contribution in [-0.4, -0.2) is 0 Å². The number of hydrogen-bond acceptors (Lipinski definition) is 0. The minimum absolute atomic E-state index is 0.163. The first-order chi connectivity index (χ1) is 21.2. The number of benzene rings is 2. The van der Waals surface area contributed by atoms with E-state index in [1.807, 2.05) is 0 Å². The van der Waals surface area contributed by atoms with Gasteiger partial charge in [-0.05, 0) is 108 Å². The molecular formula is C43H48.